The van der Waals surface area contributed by atoms with Crippen LogP contribution in [-0.4, -0.2) is 4.98 Å². The Morgan fingerprint density at radius 3 is 1.94 bits per heavy atom. The van der Waals surface area contributed by atoms with Gasteiger partial charge in [0.05, 0.1) is 5.52 Å². The Morgan fingerprint density at radius 1 is 0.375 bits per heavy atom. The SMILES string of the molecule is c1cc(-c2ccc3ccc4cccc5ccc2c3c45)cc(-c2cccc3c2[nH]c2ccc(-c4cccc5c4oc4ccccc45)cc23)c1. The van der Waals surface area contributed by atoms with Gasteiger partial charge in [-0.05, 0) is 78.8 Å². The van der Waals surface area contributed by atoms with Crippen LogP contribution in [0.3, 0.4) is 0 Å². The van der Waals surface area contributed by atoms with E-state index in [2.05, 4.69) is 151 Å². The molecule has 0 aliphatic rings. The number of rotatable bonds is 3. The maximum absolute atomic E-state index is 6.40. The molecule has 0 spiro atoms. The van der Waals surface area contributed by atoms with Crippen LogP contribution in [0, 0.1) is 0 Å². The van der Waals surface area contributed by atoms with E-state index in [0.717, 1.165) is 44.1 Å². The monoisotopic (exact) mass is 609 g/mol. The van der Waals surface area contributed by atoms with Gasteiger partial charge in [-0.1, -0.05) is 133 Å². The van der Waals surface area contributed by atoms with Gasteiger partial charge >= 0.3 is 0 Å². The first-order chi connectivity index (χ1) is 23.8. The van der Waals surface area contributed by atoms with Gasteiger partial charge in [0.25, 0.3) is 0 Å². The highest BCUT2D eigenvalue weighted by molar-refractivity contribution is 6.25. The normalized spacial score (nSPS) is 12.2. The number of fused-ring (bicyclic) bond motifs is 6. The molecule has 0 amide bonds. The van der Waals surface area contributed by atoms with Crippen LogP contribution in [0.5, 0.6) is 0 Å². The van der Waals surface area contributed by atoms with E-state index >= 15 is 0 Å². The van der Waals surface area contributed by atoms with E-state index in [0.29, 0.717) is 0 Å². The molecule has 48 heavy (non-hydrogen) atoms. The van der Waals surface area contributed by atoms with Crippen molar-refractivity contribution in [1.29, 1.82) is 0 Å². The zero-order valence-corrected chi connectivity index (χ0v) is 25.9. The van der Waals surface area contributed by atoms with E-state index in [9.17, 15) is 0 Å². The highest BCUT2D eigenvalue weighted by Crippen LogP contribution is 2.42. The third-order valence-corrected chi connectivity index (χ3v) is 10.4. The molecule has 0 saturated carbocycles. The van der Waals surface area contributed by atoms with E-state index < -0.39 is 0 Å². The maximum atomic E-state index is 6.40. The van der Waals surface area contributed by atoms with Crippen molar-refractivity contribution in [2.24, 2.45) is 0 Å². The summed E-state index contributed by atoms with van der Waals surface area (Å²) in [6.07, 6.45) is 0. The van der Waals surface area contributed by atoms with Crippen LogP contribution in [0.25, 0.3) is 109 Å². The van der Waals surface area contributed by atoms with Gasteiger partial charge in [0, 0.05) is 38.2 Å². The largest absolute Gasteiger partial charge is 0.455 e. The number of aromatic amines is 1. The van der Waals surface area contributed by atoms with Crippen LogP contribution in [0.2, 0.25) is 0 Å². The van der Waals surface area contributed by atoms with Crippen LogP contribution in [0.15, 0.2) is 162 Å². The Hall–Kier alpha value is -6.38. The van der Waals surface area contributed by atoms with Crippen molar-refractivity contribution in [2.45, 2.75) is 0 Å². The Kier molecular flexibility index (Phi) is 5.14. The number of aromatic nitrogens is 1. The second-order valence-corrected chi connectivity index (χ2v) is 12.9. The van der Waals surface area contributed by atoms with E-state index in [4.69, 9.17) is 4.42 Å². The second kappa shape index (κ2) is 9.57. The summed E-state index contributed by atoms with van der Waals surface area (Å²) in [5, 5.41) is 12.6. The first-order valence-corrected chi connectivity index (χ1v) is 16.5. The fourth-order valence-corrected chi connectivity index (χ4v) is 8.15. The minimum atomic E-state index is 0.919. The zero-order chi connectivity index (χ0) is 31.3. The van der Waals surface area contributed by atoms with Gasteiger partial charge in [0.1, 0.15) is 11.2 Å². The number of furan rings is 1. The molecule has 11 aromatic rings. The molecule has 0 aliphatic carbocycles. The zero-order valence-electron chi connectivity index (χ0n) is 25.9. The van der Waals surface area contributed by atoms with Crippen molar-refractivity contribution in [3.05, 3.63) is 158 Å². The van der Waals surface area contributed by atoms with Crippen molar-refractivity contribution in [3.63, 3.8) is 0 Å². The molecule has 2 aromatic heterocycles. The van der Waals surface area contributed by atoms with Crippen LogP contribution < -0.4 is 0 Å². The number of benzene rings is 9. The summed E-state index contributed by atoms with van der Waals surface area (Å²) in [5.41, 5.74) is 11.3. The summed E-state index contributed by atoms with van der Waals surface area (Å²) in [6, 6.07) is 57.3. The van der Waals surface area contributed by atoms with E-state index in [1.54, 1.807) is 0 Å². The Balaban J connectivity index is 1.07. The van der Waals surface area contributed by atoms with Gasteiger partial charge in [0.15, 0.2) is 0 Å². The van der Waals surface area contributed by atoms with Crippen molar-refractivity contribution in [2.75, 3.05) is 0 Å². The fourth-order valence-electron chi connectivity index (χ4n) is 8.15. The van der Waals surface area contributed by atoms with Crippen LogP contribution >= 0.6 is 0 Å². The first-order valence-electron chi connectivity index (χ1n) is 16.5. The highest BCUT2D eigenvalue weighted by atomic mass is 16.3. The molecule has 2 heteroatoms. The lowest BCUT2D eigenvalue weighted by Crippen LogP contribution is -1.88. The molecule has 1 N–H and O–H groups in total. The Morgan fingerprint density at radius 2 is 1.04 bits per heavy atom. The number of para-hydroxylation sites is 3. The lowest BCUT2D eigenvalue weighted by atomic mass is 9.89. The van der Waals surface area contributed by atoms with Crippen LogP contribution in [0.4, 0.5) is 0 Å². The third kappa shape index (κ3) is 3.57. The molecule has 2 nitrogen and oxygen atoms in total. The summed E-state index contributed by atoms with van der Waals surface area (Å²) < 4.78 is 6.40. The summed E-state index contributed by atoms with van der Waals surface area (Å²) in [4.78, 5) is 3.78. The predicted molar refractivity (Wildman–Crippen MR) is 203 cm³/mol. The van der Waals surface area contributed by atoms with Crippen molar-refractivity contribution in [3.8, 4) is 33.4 Å². The maximum Gasteiger partial charge on any atom is 0.143 e. The Labute approximate surface area is 275 Å². The molecule has 0 bridgehead atoms. The second-order valence-electron chi connectivity index (χ2n) is 12.9. The average Bonchev–Trinajstić information content (AvgIpc) is 3.72. The topological polar surface area (TPSA) is 28.9 Å². The van der Waals surface area contributed by atoms with Crippen LogP contribution in [0.1, 0.15) is 0 Å². The molecule has 222 valence electrons. The van der Waals surface area contributed by atoms with E-state index in [1.807, 2.05) is 12.1 Å². The summed E-state index contributed by atoms with van der Waals surface area (Å²) in [6.45, 7) is 0. The molecule has 0 unspecified atom stereocenters. The molecule has 9 aromatic carbocycles. The Bertz CT molecular complexity index is 3050. The fraction of sp³-hybridized carbons (Fsp3) is 0. The molecular weight excluding hydrogens is 583 g/mol. The molecule has 0 saturated heterocycles. The van der Waals surface area contributed by atoms with Gasteiger partial charge in [-0.15, -0.1) is 0 Å². The van der Waals surface area contributed by atoms with E-state index in [1.165, 1.54) is 65.3 Å². The average molecular weight is 610 g/mol. The van der Waals surface area contributed by atoms with Gasteiger partial charge in [0.2, 0.25) is 0 Å². The molecule has 0 fully saturated rings. The number of hydrogen-bond donors (Lipinski definition) is 1. The number of H-pyrrole nitrogens is 1. The van der Waals surface area contributed by atoms with Gasteiger partial charge in [-0.25, -0.2) is 0 Å². The minimum absolute atomic E-state index is 0.919. The minimum Gasteiger partial charge on any atom is -0.455 e. The van der Waals surface area contributed by atoms with Gasteiger partial charge in [-0.3, -0.25) is 0 Å². The number of nitrogens with one attached hydrogen (secondary N) is 1. The lowest BCUT2D eigenvalue weighted by molar-refractivity contribution is 0.670. The van der Waals surface area contributed by atoms with Crippen molar-refractivity contribution >= 4 is 76.1 Å². The summed E-state index contributed by atoms with van der Waals surface area (Å²) in [5.74, 6) is 0. The lowest BCUT2D eigenvalue weighted by Gasteiger charge is -2.15. The summed E-state index contributed by atoms with van der Waals surface area (Å²) >= 11 is 0. The van der Waals surface area contributed by atoms with E-state index in [-0.39, 0.29) is 0 Å². The third-order valence-electron chi connectivity index (χ3n) is 10.4. The molecule has 0 atom stereocenters. The van der Waals surface area contributed by atoms with Gasteiger partial charge < -0.3 is 9.40 Å². The standard InChI is InChI=1S/C46H27NO/c1-2-16-42-36(11-1)39-15-6-13-35(46(39)48-42)32-21-24-41-40(26-32)38-14-5-12-34(45(38)47-41)31-10-4-9-30(25-31)33-22-19-29-18-17-27-7-3-8-28-20-23-37(33)44(29)43(27)28/h1-26,47H. The highest BCUT2D eigenvalue weighted by Gasteiger charge is 2.16. The molecule has 0 radical (unpaired) electrons. The van der Waals surface area contributed by atoms with Crippen molar-refractivity contribution in [1.82, 2.24) is 4.98 Å². The predicted octanol–water partition coefficient (Wildman–Crippen LogP) is 13.1. The van der Waals surface area contributed by atoms with Gasteiger partial charge in [-0.2, -0.15) is 0 Å². The van der Waals surface area contributed by atoms with Crippen molar-refractivity contribution < 1.29 is 4.42 Å². The number of hydrogen-bond acceptors (Lipinski definition) is 1. The molecule has 0 aliphatic heterocycles. The molecular formula is C46H27NO. The first kappa shape index (κ1) is 25.8. The smallest absolute Gasteiger partial charge is 0.143 e. The quantitative estimate of drug-likeness (QED) is 0.198. The summed E-state index contributed by atoms with van der Waals surface area (Å²) in [7, 11) is 0. The van der Waals surface area contributed by atoms with Crippen LogP contribution in [-0.2, 0) is 0 Å². The molecule has 11 rings (SSSR count). The molecule has 2 heterocycles.